The van der Waals surface area contributed by atoms with Gasteiger partial charge < -0.3 is 10.7 Å². The van der Waals surface area contributed by atoms with Gasteiger partial charge in [-0.1, -0.05) is 29.4 Å². The number of nitrogen functional groups attached to an aromatic ring is 1. The van der Waals surface area contributed by atoms with Crippen LogP contribution < -0.4 is 5.73 Å². The summed E-state index contributed by atoms with van der Waals surface area (Å²) in [4.78, 5) is 16.4. The molecule has 3 aromatic rings. The van der Waals surface area contributed by atoms with E-state index in [2.05, 4.69) is 19.9 Å². The van der Waals surface area contributed by atoms with Crippen LogP contribution in [0.15, 0.2) is 34.6 Å². The predicted octanol–water partition coefficient (Wildman–Crippen LogP) is 3.05. The Morgan fingerprint density at radius 2 is 2.16 bits per heavy atom. The number of halogens is 1. The number of nitrogens with one attached hydrogen (secondary N) is 1. The van der Waals surface area contributed by atoms with Gasteiger partial charge in [-0.25, -0.2) is 15.0 Å². The third kappa shape index (κ3) is 2.36. The minimum atomic E-state index is 0.364. The van der Waals surface area contributed by atoms with Gasteiger partial charge in [0.1, 0.15) is 6.33 Å². The first-order valence-corrected chi connectivity index (χ1v) is 6.73. The van der Waals surface area contributed by atoms with E-state index in [9.17, 15) is 0 Å². The van der Waals surface area contributed by atoms with E-state index in [0.717, 1.165) is 10.5 Å². The quantitative estimate of drug-likeness (QED) is 0.758. The third-order valence-corrected chi connectivity index (χ3v) is 3.97. The summed E-state index contributed by atoms with van der Waals surface area (Å²) in [6, 6.07) is 5.85. The van der Waals surface area contributed by atoms with E-state index < -0.39 is 0 Å². The van der Waals surface area contributed by atoms with Gasteiger partial charge in [-0.3, -0.25) is 0 Å². The van der Waals surface area contributed by atoms with Gasteiger partial charge >= 0.3 is 0 Å². The van der Waals surface area contributed by atoms with Crippen LogP contribution in [0, 0.1) is 6.92 Å². The Labute approximate surface area is 118 Å². The lowest BCUT2D eigenvalue weighted by molar-refractivity contribution is 1.07. The van der Waals surface area contributed by atoms with Crippen molar-refractivity contribution in [2.75, 3.05) is 5.73 Å². The normalized spacial score (nSPS) is 11.1. The van der Waals surface area contributed by atoms with Crippen LogP contribution in [0.1, 0.15) is 5.56 Å². The Morgan fingerprint density at radius 1 is 1.32 bits per heavy atom. The molecule has 96 valence electrons. The van der Waals surface area contributed by atoms with Crippen LogP contribution in [-0.2, 0) is 0 Å². The molecule has 5 nitrogen and oxygen atoms in total. The van der Waals surface area contributed by atoms with Crippen molar-refractivity contribution in [3.05, 3.63) is 35.1 Å². The van der Waals surface area contributed by atoms with Crippen LogP contribution in [0.3, 0.4) is 0 Å². The van der Waals surface area contributed by atoms with Crippen LogP contribution in [0.5, 0.6) is 0 Å². The summed E-state index contributed by atoms with van der Waals surface area (Å²) < 4.78 is 0. The van der Waals surface area contributed by atoms with Gasteiger partial charge in [0.25, 0.3) is 0 Å². The van der Waals surface area contributed by atoms with Crippen molar-refractivity contribution in [2.45, 2.75) is 17.0 Å². The average molecular weight is 292 g/mol. The lowest BCUT2D eigenvalue weighted by Crippen LogP contribution is -1.91. The highest BCUT2D eigenvalue weighted by molar-refractivity contribution is 7.99. The predicted molar refractivity (Wildman–Crippen MR) is 76.4 cm³/mol. The fraction of sp³-hybridized carbons (Fsp3) is 0.0833. The second kappa shape index (κ2) is 4.71. The number of H-pyrrole nitrogens is 1. The van der Waals surface area contributed by atoms with Crippen molar-refractivity contribution in [1.29, 1.82) is 0 Å². The monoisotopic (exact) mass is 291 g/mol. The number of nitrogens with two attached hydrogens (primary N) is 1. The van der Waals surface area contributed by atoms with Gasteiger partial charge in [-0.15, -0.1) is 0 Å². The molecule has 3 rings (SSSR count). The van der Waals surface area contributed by atoms with Crippen LogP contribution in [0.25, 0.3) is 11.2 Å². The molecule has 0 aliphatic rings. The smallest absolute Gasteiger partial charge is 0.172 e. The summed E-state index contributed by atoms with van der Waals surface area (Å²) in [6.07, 6.45) is 1.41. The number of benzene rings is 1. The Hall–Kier alpha value is -1.79. The van der Waals surface area contributed by atoms with Crippen LogP contribution in [0.2, 0.25) is 5.02 Å². The van der Waals surface area contributed by atoms with E-state index in [0.29, 0.717) is 27.2 Å². The molecule has 0 atom stereocenters. The molecule has 0 spiro atoms. The highest BCUT2D eigenvalue weighted by atomic mass is 35.5. The highest BCUT2D eigenvalue weighted by Gasteiger charge is 2.10. The zero-order chi connectivity index (χ0) is 13.4. The zero-order valence-corrected chi connectivity index (χ0v) is 11.6. The largest absolute Gasteiger partial charge is 0.382 e. The molecule has 0 fully saturated rings. The molecule has 3 N–H and O–H groups in total. The summed E-state index contributed by atoms with van der Waals surface area (Å²) in [5, 5.41) is 1.38. The molecule has 2 aromatic heterocycles. The second-order valence-corrected chi connectivity index (χ2v) is 5.47. The molecule has 0 aliphatic heterocycles. The van der Waals surface area contributed by atoms with Gasteiger partial charge in [0.2, 0.25) is 0 Å². The third-order valence-electron chi connectivity index (χ3n) is 2.58. The number of imidazole rings is 1. The fourth-order valence-electron chi connectivity index (χ4n) is 1.67. The minimum Gasteiger partial charge on any atom is -0.382 e. The molecule has 0 saturated carbocycles. The van der Waals surface area contributed by atoms with Crippen LogP contribution in [0.4, 0.5) is 5.82 Å². The van der Waals surface area contributed by atoms with Gasteiger partial charge in [-0.05, 0) is 24.6 Å². The first-order valence-electron chi connectivity index (χ1n) is 5.53. The number of nitrogens with zero attached hydrogens (tertiary/aromatic N) is 3. The molecule has 0 saturated heterocycles. The average Bonchev–Trinajstić information content (AvgIpc) is 2.78. The van der Waals surface area contributed by atoms with Crippen molar-refractivity contribution in [1.82, 2.24) is 19.9 Å². The maximum Gasteiger partial charge on any atom is 0.172 e. The molecule has 7 heteroatoms. The van der Waals surface area contributed by atoms with Gasteiger partial charge in [0.15, 0.2) is 22.1 Å². The zero-order valence-electron chi connectivity index (χ0n) is 10.0. The number of hydrogen-bond donors (Lipinski definition) is 2. The molecular formula is C12H10ClN5S. The van der Waals surface area contributed by atoms with Gasteiger partial charge in [0.05, 0.1) is 5.02 Å². The Balaban J connectivity index is 2.01. The lowest BCUT2D eigenvalue weighted by Gasteiger charge is -2.02. The van der Waals surface area contributed by atoms with Crippen molar-refractivity contribution in [2.24, 2.45) is 0 Å². The number of rotatable bonds is 2. The SMILES string of the molecule is Cc1ccc(Cl)c(Sc2nc3c(N)ncnc3[nH]2)c1. The lowest BCUT2D eigenvalue weighted by atomic mass is 10.2. The summed E-state index contributed by atoms with van der Waals surface area (Å²) in [6.45, 7) is 2.02. The maximum atomic E-state index is 6.16. The maximum absolute atomic E-state index is 6.16. The number of aryl methyl sites for hydroxylation is 1. The van der Waals surface area contributed by atoms with Crippen molar-refractivity contribution in [3.8, 4) is 0 Å². The summed E-state index contributed by atoms with van der Waals surface area (Å²) in [7, 11) is 0. The number of aromatic nitrogens is 4. The first kappa shape index (κ1) is 12.3. The molecular weight excluding hydrogens is 282 g/mol. The van der Waals surface area contributed by atoms with Crippen LogP contribution in [-0.4, -0.2) is 19.9 Å². The highest BCUT2D eigenvalue weighted by Crippen LogP contribution is 2.33. The fourth-order valence-corrected chi connectivity index (χ4v) is 2.80. The van der Waals surface area contributed by atoms with Gasteiger partial charge in [0, 0.05) is 4.90 Å². The Kier molecular flexibility index (Phi) is 3.04. The topological polar surface area (TPSA) is 80.5 Å². The van der Waals surface area contributed by atoms with Gasteiger partial charge in [-0.2, -0.15) is 0 Å². The van der Waals surface area contributed by atoms with E-state index in [4.69, 9.17) is 17.3 Å². The molecule has 19 heavy (non-hydrogen) atoms. The molecule has 0 bridgehead atoms. The standard InChI is InChI=1S/C12H10ClN5S/c1-6-2-3-7(13)8(4-6)19-12-17-9-10(14)15-5-16-11(9)18-12/h2-5H,1H3,(H3,14,15,16,17,18). The molecule has 0 radical (unpaired) electrons. The number of hydrogen-bond acceptors (Lipinski definition) is 5. The van der Waals surface area contributed by atoms with E-state index in [1.807, 2.05) is 25.1 Å². The van der Waals surface area contributed by atoms with Crippen molar-refractivity contribution in [3.63, 3.8) is 0 Å². The van der Waals surface area contributed by atoms with Crippen molar-refractivity contribution >= 4 is 40.3 Å². The molecule has 0 amide bonds. The number of aromatic amines is 1. The van der Waals surface area contributed by atoms with E-state index in [-0.39, 0.29) is 0 Å². The molecule has 0 aliphatic carbocycles. The molecule has 0 unspecified atom stereocenters. The number of fused-ring (bicyclic) bond motifs is 1. The Bertz CT molecular complexity index is 755. The van der Waals surface area contributed by atoms with E-state index >= 15 is 0 Å². The number of anilines is 1. The summed E-state index contributed by atoms with van der Waals surface area (Å²) in [5.41, 5.74) is 8.09. The van der Waals surface area contributed by atoms with E-state index in [1.54, 1.807) is 0 Å². The summed E-state index contributed by atoms with van der Waals surface area (Å²) in [5.74, 6) is 0.364. The molecule has 1 aromatic carbocycles. The van der Waals surface area contributed by atoms with Crippen LogP contribution >= 0.6 is 23.4 Å². The minimum absolute atomic E-state index is 0.364. The first-order chi connectivity index (χ1) is 9.13. The molecule has 2 heterocycles. The second-order valence-electron chi connectivity index (χ2n) is 4.03. The van der Waals surface area contributed by atoms with Crippen molar-refractivity contribution < 1.29 is 0 Å². The summed E-state index contributed by atoms with van der Waals surface area (Å²) >= 11 is 7.60. The Morgan fingerprint density at radius 3 is 2.95 bits per heavy atom. The van der Waals surface area contributed by atoms with E-state index in [1.165, 1.54) is 18.1 Å².